The molecule has 1 aliphatic rings. The van der Waals surface area contributed by atoms with Crippen LogP contribution in [0.2, 0.25) is 0 Å². The fraction of sp³-hybridized carbons (Fsp3) is 0.444. The number of aromatic nitrogens is 4. The Hall–Kier alpha value is -1.65. The third-order valence-corrected chi connectivity index (χ3v) is 2.32. The van der Waals surface area contributed by atoms with Gasteiger partial charge in [-0.1, -0.05) is 5.16 Å². The van der Waals surface area contributed by atoms with Gasteiger partial charge in [-0.05, 0) is 19.8 Å². The number of aryl methyl sites for hydroxylation is 1. The van der Waals surface area contributed by atoms with Crippen molar-refractivity contribution < 1.29 is 4.52 Å². The summed E-state index contributed by atoms with van der Waals surface area (Å²) in [5, 5.41) is 10.9. The average Bonchev–Trinajstić information content (AvgIpc) is 2.76. The zero-order chi connectivity index (χ0) is 9.54. The van der Waals surface area contributed by atoms with Gasteiger partial charge in [-0.15, -0.1) is 0 Å². The second-order valence-corrected chi connectivity index (χ2v) is 3.64. The number of nitrogens with one attached hydrogen (secondary N) is 1. The molecule has 1 saturated carbocycles. The number of nitrogens with zero attached hydrogens (tertiary/aromatic N) is 3. The number of H-pyrrole nitrogens is 1. The predicted octanol–water partition coefficient (Wildman–Crippen LogP) is 1.65. The van der Waals surface area contributed by atoms with Crippen molar-refractivity contribution in [2.24, 2.45) is 0 Å². The monoisotopic (exact) mass is 190 g/mol. The first-order valence-electron chi connectivity index (χ1n) is 4.69. The van der Waals surface area contributed by atoms with Crippen molar-refractivity contribution in [3.63, 3.8) is 0 Å². The van der Waals surface area contributed by atoms with Crippen molar-refractivity contribution in [1.29, 1.82) is 0 Å². The quantitative estimate of drug-likeness (QED) is 0.781. The maximum absolute atomic E-state index is 4.96. The van der Waals surface area contributed by atoms with Crippen LogP contribution < -0.4 is 0 Å². The van der Waals surface area contributed by atoms with Gasteiger partial charge in [0.1, 0.15) is 11.6 Å². The van der Waals surface area contributed by atoms with E-state index in [9.17, 15) is 0 Å². The van der Waals surface area contributed by atoms with Crippen LogP contribution >= 0.6 is 0 Å². The summed E-state index contributed by atoms with van der Waals surface area (Å²) in [6.45, 7) is 1.85. The summed E-state index contributed by atoms with van der Waals surface area (Å²) in [5.74, 6) is 2.96. The summed E-state index contributed by atoms with van der Waals surface area (Å²) >= 11 is 0. The standard InChI is InChI=1S/C9H10N4O/c1-5-4-7(13-14-5)9-10-8(11-12-9)6-2-3-6/h4,6H,2-3H2,1H3,(H,10,11,12). The Bertz CT molecular complexity index is 455. The minimum Gasteiger partial charge on any atom is -0.361 e. The summed E-state index contributed by atoms with van der Waals surface area (Å²) in [6, 6.07) is 1.83. The zero-order valence-corrected chi connectivity index (χ0v) is 7.82. The molecule has 5 heteroatoms. The fourth-order valence-corrected chi connectivity index (χ4v) is 1.40. The number of aromatic amines is 1. The van der Waals surface area contributed by atoms with Gasteiger partial charge in [-0.2, -0.15) is 5.10 Å². The first-order chi connectivity index (χ1) is 6.83. The van der Waals surface area contributed by atoms with E-state index >= 15 is 0 Å². The molecular formula is C9H10N4O. The van der Waals surface area contributed by atoms with Gasteiger partial charge >= 0.3 is 0 Å². The molecule has 2 aromatic rings. The molecule has 5 nitrogen and oxygen atoms in total. The lowest BCUT2D eigenvalue weighted by Crippen LogP contribution is -1.81. The van der Waals surface area contributed by atoms with E-state index in [-0.39, 0.29) is 0 Å². The second kappa shape index (κ2) is 2.67. The van der Waals surface area contributed by atoms with E-state index in [1.807, 2.05) is 13.0 Å². The number of hydrogen-bond acceptors (Lipinski definition) is 4. The minimum absolute atomic E-state index is 0.587. The van der Waals surface area contributed by atoms with Crippen LogP contribution in [0.5, 0.6) is 0 Å². The minimum atomic E-state index is 0.587. The van der Waals surface area contributed by atoms with Crippen LogP contribution in [0, 0.1) is 6.92 Å². The van der Waals surface area contributed by atoms with Gasteiger partial charge in [0, 0.05) is 12.0 Å². The summed E-state index contributed by atoms with van der Waals surface area (Å²) in [6.07, 6.45) is 2.43. The Morgan fingerprint density at radius 1 is 1.50 bits per heavy atom. The van der Waals surface area contributed by atoms with Crippen LogP contribution in [0.1, 0.15) is 30.3 Å². The third-order valence-electron chi connectivity index (χ3n) is 2.32. The predicted molar refractivity (Wildman–Crippen MR) is 48.6 cm³/mol. The molecule has 0 bridgehead atoms. The summed E-state index contributed by atoms with van der Waals surface area (Å²) in [4.78, 5) is 4.37. The molecule has 3 rings (SSSR count). The van der Waals surface area contributed by atoms with Gasteiger partial charge < -0.3 is 4.52 Å². The molecule has 0 atom stereocenters. The second-order valence-electron chi connectivity index (χ2n) is 3.64. The molecule has 1 fully saturated rings. The molecule has 72 valence electrons. The van der Waals surface area contributed by atoms with Crippen molar-refractivity contribution >= 4 is 0 Å². The molecule has 2 aromatic heterocycles. The molecule has 0 unspecified atom stereocenters. The van der Waals surface area contributed by atoms with E-state index in [1.54, 1.807) is 0 Å². The first kappa shape index (κ1) is 7.73. The molecule has 2 heterocycles. The molecule has 0 saturated heterocycles. The van der Waals surface area contributed by atoms with Crippen LogP contribution in [0.25, 0.3) is 11.5 Å². The summed E-state index contributed by atoms with van der Waals surface area (Å²) in [7, 11) is 0. The molecule has 0 spiro atoms. The number of hydrogen-bond donors (Lipinski definition) is 1. The Morgan fingerprint density at radius 2 is 2.36 bits per heavy atom. The van der Waals surface area contributed by atoms with Gasteiger partial charge in [0.25, 0.3) is 0 Å². The van der Waals surface area contributed by atoms with Crippen molar-refractivity contribution in [3.8, 4) is 11.5 Å². The Kier molecular flexibility index (Phi) is 1.47. The summed E-state index contributed by atoms with van der Waals surface area (Å²) in [5.41, 5.74) is 0.700. The molecule has 0 aromatic carbocycles. The van der Waals surface area contributed by atoms with Crippen molar-refractivity contribution in [2.75, 3.05) is 0 Å². The molecule has 0 amide bonds. The molecule has 0 aliphatic heterocycles. The SMILES string of the molecule is Cc1cc(-c2n[nH]c(C3CC3)n2)no1. The highest BCUT2D eigenvalue weighted by molar-refractivity contribution is 5.47. The lowest BCUT2D eigenvalue weighted by molar-refractivity contribution is 0.399. The summed E-state index contributed by atoms with van der Waals surface area (Å²) < 4.78 is 4.96. The smallest absolute Gasteiger partial charge is 0.203 e. The zero-order valence-electron chi connectivity index (χ0n) is 7.82. The third kappa shape index (κ3) is 1.21. The average molecular weight is 190 g/mol. The van der Waals surface area contributed by atoms with Crippen LogP contribution in [-0.4, -0.2) is 20.3 Å². The van der Waals surface area contributed by atoms with Gasteiger partial charge in [0.15, 0.2) is 5.69 Å². The van der Waals surface area contributed by atoms with Gasteiger partial charge in [0.05, 0.1) is 0 Å². The van der Waals surface area contributed by atoms with Crippen LogP contribution in [0.15, 0.2) is 10.6 Å². The van der Waals surface area contributed by atoms with Crippen LogP contribution in [0.3, 0.4) is 0 Å². The van der Waals surface area contributed by atoms with Gasteiger partial charge in [0.2, 0.25) is 5.82 Å². The highest BCUT2D eigenvalue weighted by Gasteiger charge is 2.27. The highest BCUT2D eigenvalue weighted by atomic mass is 16.5. The Balaban J connectivity index is 1.95. The van der Waals surface area contributed by atoms with E-state index in [1.165, 1.54) is 12.8 Å². The Labute approximate surface area is 80.5 Å². The maximum Gasteiger partial charge on any atom is 0.203 e. The molecule has 14 heavy (non-hydrogen) atoms. The van der Waals surface area contributed by atoms with Gasteiger partial charge in [-0.3, -0.25) is 5.10 Å². The fourth-order valence-electron chi connectivity index (χ4n) is 1.40. The normalized spacial score (nSPS) is 16.1. The van der Waals surface area contributed by atoms with Crippen molar-refractivity contribution in [3.05, 3.63) is 17.7 Å². The highest BCUT2D eigenvalue weighted by Crippen LogP contribution is 2.38. The lowest BCUT2D eigenvalue weighted by atomic mass is 10.3. The van der Waals surface area contributed by atoms with Crippen LogP contribution in [0.4, 0.5) is 0 Å². The van der Waals surface area contributed by atoms with E-state index in [4.69, 9.17) is 4.52 Å². The number of rotatable bonds is 2. The molecular weight excluding hydrogens is 180 g/mol. The van der Waals surface area contributed by atoms with Crippen LogP contribution in [-0.2, 0) is 0 Å². The lowest BCUT2D eigenvalue weighted by Gasteiger charge is -1.83. The molecule has 1 aliphatic carbocycles. The maximum atomic E-state index is 4.96. The van der Waals surface area contributed by atoms with Gasteiger partial charge in [-0.25, -0.2) is 4.98 Å². The van der Waals surface area contributed by atoms with Crippen molar-refractivity contribution in [1.82, 2.24) is 20.3 Å². The topological polar surface area (TPSA) is 67.6 Å². The largest absolute Gasteiger partial charge is 0.361 e. The Morgan fingerprint density at radius 3 is 3.00 bits per heavy atom. The van der Waals surface area contributed by atoms with E-state index in [0.29, 0.717) is 17.4 Å². The molecule has 1 N–H and O–H groups in total. The van der Waals surface area contributed by atoms with E-state index < -0.39 is 0 Å². The first-order valence-corrected chi connectivity index (χ1v) is 4.69. The molecule has 0 radical (unpaired) electrons. The van der Waals surface area contributed by atoms with E-state index in [2.05, 4.69) is 20.3 Å². The van der Waals surface area contributed by atoms with E-state index in [0.717, 1.165) is 11.6 Å². The van der Waals surface area contributed by atoms with Crippen molar-refractivity contribution in [2.45, 2.75) is 25.7 Å².